The van der Waals surface area contributed by atoms with Crippen LogP contribution in [0.25, 0.3) is 11.4 Å². The SMILES string of the molecule is CCOc1nc(N)nc(-c2cc(C)c(OC)cc2C)n1. The Morgan fingerprint density at radius 3 is 2.50 bits per heavy atom. The molecule has 2 aromatic rings. The summed E-state index contributed by atoms with van der Waals surface area (Å²) >= 11 is 0. The van der Waals surface area contributed by atoms with Crippen molar-refractivity contribution < 1.29 is 9.47 Å². The number of anilines is 1. The number of ether oxygens (including phenoxy) is 2. The summed E-state index contributed by atoms with van der Waals surface area (Å²) in [6, 6.07) is 4.16. The molecule has 0 radical (unpaired) electrons. The molecular formula is C14H18N4O2. The normalized spacial score (nSPS) is 10.4. The fourth-order valence-electron chi connectivity index (χ4n) is 1.94. The maximum absolute atomic E-state index is 5.70. The van der Waals surface area contributed by atoms with Crippen LogP contribution in [0.15, 0.2) is 12.1 Å². The van der Waals surface area contributed by atoms with E-state index >= 15 is 0 Å². The van der Waals surface area contributed by atoms with Gasteiger partial charge >= 0.3 is 6.01 Å². The summed E-state index contributed by atoms with van der Waals surface area (Å²) in [5, 5.41) is 0. The maximum atomic E-state index is 5.70. The Morgan fingerprint density at radius 2 is 1.85 bits per heavy atom. The van der Waals surface area contributed by atoms with Gasteiger partial charge in [-0.1, -0.05) is 0 Å². The third-order valence-corrected chi connectivity index (χ3v) is 2.89. The van der Waals surface area contributed by atoms with Crippen molar-refractivity contribution in [3.05, 3.63) is 23.3 Å². The fraction of sp³-hybridized carbons (Fsp3) is 0.357. The molecule has 1 heterocycles. The zero-order chi connectivity index (χ0) is 14.7. The van der Waals surface area contributed by atoms with Crippen LogP contribution in [0.1, 0.15) is 18.1 Å². The van der Waals surface area contributed by atoms with Gasteiger partial charge in [-0.3, -0.25) is 0 Å². The van der Waals surface area contributed by atoms with Crippen molar-refractivity contribution in [2.45, 2.75) is 20.8 Å². The summed E-state index contributed by atoms with van der Waals surface area (Å²) < 4.78 is 10.6. The van der Waals surface area contributed by atoms with E-state index in [2.05, 4.69) is 15.0 Å². The Bertz CT molecular complexity index is 629. The smallest absolute Gasteiger partial charge is 0.321 e. The molecule has 0 saturated heterocycles. The quantitative estimate of drug-likeness (QED) is 0.919. The van der Waals surface area contributed by atoms with Gasteiger partial charge in [0, 0.05) is 5.56 Å². The number of methoxy groups -OCH3 is 1. The van der Waals surface area contributed by atoms with Crippen molar-refractivity contribution in [2.75, 3.05) is 19.5 Å². The number of nitrogens with zero attached hydrogens (tertiary/aromatic N) is 3. The molecule has 2 N–H and O–H groups in total. The molecule has 0 aliphatic heterocycles. The van der Waals surface area contributed by atoms with E-state index in [1.54, 1.807) is 7.11 Å². The van der Waals surface area contributed by atoms with E-state index in [0.717, 1.165) is 22.4 Å². The number of benzene rings is 1. The first-order valence-electron chi connectivity index (χ1n) is 6.35. The van der Waals surface area contributed by atoms with Gasteiger partial charge in [-0.2, -0.15) is 15.0 Å². The van der Waals surface area contributed by atoms with Crippen molar-refractivity contribution >= 4 is 5.95 Å². The molecule has 0 bridgehead atoms. The highest BCUT2D eigenvalue weighted by Gasteiger charge is 2.12. The lowest BCUT2D eigenvalue weighted by atomic mass is 10.0. The zero-order valence-corrected chi connectivity index (χ0v) is 12.1. The van der Waals surface area contributed by atoms with Crippen LogP contribution in [0.4, 0.5) is 5.95 Å². The van der Waals surface area contributed by atoms with Crippen LogP contribution in [-0.2, 0) is 0 Å². The van der Waals surface area contributed by atoms with Crippen LogP contribution in [0.5, 0.6) is 11.8 Å². The van der Waals surface area contributed by atoms with E-state index in [1.807, 2.05) is 32.9 Å². The van der Waals surface area contributed by atoms with E-state index < -0.39 is 0 Å². The van der Waals surface area contributed by atoms with E-state index in [1.165, 1.54) is 0 Å². The summed E-state index contributed by atoms with van der Waals surface area (Å²) in [6.45, 7) is 6.28. The molecule has 6 nitrogen and oxygen atoms in total. The Balaban J connectivity index is 2.53. The number of aromatic nitrogens is 3. The minimum absolute atomic E-state index is 0.145. The Labute approximate surface area is 118 Å². The first-order chi connectivity index (χ1) is 9.55. The molecule has 0 spiro atoms. The Kier molecular flexibility index (Phi) is 4.02. The number of nitrogen functional groups attached to an aromatic ring is 1. The third-order valence-electron chi connectivity index (χ3n) is 2.89. The highest BCUT2D eigenvalue weighted by Crippen LogP contribution is 2.28. The topological polar surface area (TPSA) is 83.2 Å². The maximum Gasteiger partial charge on any atom is 0.321 e. The molecular weight excluding hydrogens is 256 g/mol. The highest BCUT2D eigenvalue weighted by molar-refractivity contribution is 5.64. The Hall–Kier alpha value is -2.37. The van der Waals surface area contributed by atoms with E-state index in [0.29, 0.717) is 12.4 Å². The fourth-order valence-corrected chi connectivity index (χ4v) is 1.94. The molecule has 0 amide bonds. The van der Waals surface area contributed by atoms with Crippen LogP contribution in [0.3, 0.4) is 0 Å². The van der Waals surface area contributed by atoms with Crippen LogP contribution >= 0.6 is 0 Å². The van der Waals surface area contributed by atoms with E-state index in [9.17, 15) is 0 Å². The van der Waals surface area contributed by atoms with Gasteiger partial charge in [0.25, 0.3) is 0 Å². The van der Waals surface area contributed by atoms with Crippen LogP contribution in [-0.4, -0.2) is 28.7 Å². The second-order valence-corrected chi connectivity index (χ2v) is 4.37. The number of aryl methyl sites for hydroxylation is 2. The highest BCUT2D eigenvalue weighted by atomic mass is 16.5. The summed E-state index contributed by atoms with van der Waals surface area (Å²) in [4.78, 5) is 12.4. The molecule has 0 saturated carbocycles. The van der Waals surface area contributed by atoms with Gasteiger partial charge in [-0.05, 0) is 44.0 Å². The second-order valence-electron chi connectivity index (χ2n) is 4.37. The van der Waals surface area contributed by atoms with E-state index in [-0.39, 0.29) is 12.0 Å². The van der Waals surface area contributed by atoms with Crippen molar-refractivity contribution in [1.29, 1.82) is 0 Å². The van der Waals surface area contributed by atoms with Gasteiger partial charge in [0.2, 0.25) is 5.95 Å². The van der Waals surface area contributed by atoms with Gasteiger partial charge in [0.05, 0.1) is 13.7 Å². The number of hydrogen-bond donors (Lipinski definition) is 1. The largest absolute Gasteiger partial charge is 0.496 e. The third kappa shape index (κ3) is 2.79. The Morgan fingerprint density at radius 1 is 1.10 bits per heavy atom. The average Bonchev–Trinajstić information content (AvgIpc) is 2.40. The van der Waals surface area contributed by atoms with Crippen molar-refractivity contribution in [1.82, 2.24) is 15.0 Å². The number of nitrogens with two attached hydrogens (primary N) is 1. The molecule has 0 unspecified atom stereocenters. The van der Waals surface area contributed by atoms with Gasteiger partial charge < -0.3 is 15.2 Å². The summed E-state index contributed by atoms with van der Waals surface area (Å²) in [7, 11) is 1.65. The van der Waals surface area contributed by atoms with Gasteiger partial charge in [0.1, 0.15) is 5.75 Å². The molecule has 0 aliphatic carbocycles. The molecule has 6 heteroatoms. The summed E-state index contributed by atoms with van der Waals surface area (Å²) in [5.41, 5.74) is 8.60. The number of hydrogen-bond acceptors (Lipinski definition) is 6. The lowest BCUT2D eigenvalue weighted by Gasteiger charge is -2.11. The molecule has 106 valence electrons. The molecule has 20 heavy (non-hydrogen) atoms. The lowest BCUT2D eigenvalue weighted by molar-refractivity contribution is 0.312. The van der Waals surface area contributed by atoms with Crippen molar-refractivity contribution in [3.63, 3.8) is 0 Å². The van der Waals surface area contributed by atoms with Gasteiger partial charge in [-0.25, -0.2) is 0 Å². The lowest BCUT2D eigenvalue weighted by Crippen LogP contribution is -2.05. The van der Waals surface area contributed by atoms with Crippen LogP contribution in [0, 0.1) is 13.8 Å². The van der Waals surface area contributed by atoms with Crippen molar-refractivity contribution in [2.24, 2.45) is 0 Å². The average molecular weight is 274 g/mol. The first-order valence-corrected chi connectivity index (χ1v) is 6.35. The molecule has 2 rings (SSSR count). The minimum atomic E-state index is 0.145. The molecule has 1 aromatic heterocycles. The molecule has 0 aliphatic rings. The van der Waals surface area contributed by atoms with Gasteiger partial charge in [-0.15, -0.1) is 0 Å². The summed E-state index contributed by atoms with van der Waals surface area (Å²) in [5.74, 6) is 1.48. The zero-order valence-electron chi connectivity index (χ0n) is 12.1. The second kappa shape index (κ2) is 5.73. The standard InChI is InChI=1S/C14H18N4O2/c1-5-20-14-17-12(16-13(15)18-14)10-6-9(3)11(19-4)7-8(10)2/h6-7H,5H2,1-4H3,(H2,15,16,17,18). The van der Waals surface area contributed by atoms with Crippen LogP contribution < -0.4 is 15.2 Å². The van der Waals surface area contributed by atoms with Crippen molar-refractivity contribution in [3.8, 4) is 23.1 Å². The predicted octanol–water partition coefficient (Wildman–Crippen LogP) is 2.14. The summed E-state index contributed by atoms with van der Waals surface area (Å²) in [6.07, 6.45) is 0. The minimum Gasteiger partial charge on any atom is -0.496 e. The number of rotatable bonds is 4. The van der Waals surface area contributed by atoms with Gasteiger partial charge in [0.15, 0.2) is 5.82 Å². The van der Waals surface area contributed by atoms with E-state index in [4.69, 9.17) is 15.2 Å². The molecule has 1 aromatic carbocycles. The monoisotopic (exact) mass is 274 g/mol. The molecule has 0 atom stereocenters. The first kappa shape index (κ1) is 14.0. The predicted molar refractivity (Wildman–Crippen MR) is 76.9 cm³/mol. The van der Waals surface area contributed by atoms with Crippen LogP contribution in [0.2, 0.25) is 0 Å². The molecule has 0 fully saturated rings.